The Morgan fingerprint density at radius 2 is 1.84 bits per heavy atom. The summed E-state index contributed by atoms with van der Waals surface area (Å²) in [6.45, 7) is 5.23. The van der Waals surface area contributed by atoms with Gasteiger partial charge in [-0.15, -0.1) is 0 Å². The molecule has 3 rings (SSSR count). The smallest absolute Gasteiger partial charge is 0.269 e. The van der Waals surface area contributed by atoms with Crippen LogP contribution >= 0.6 is 0 Å². The molecule has 1 aromatic heterocycles. The van der Waals surface area contributed by atoms with Crippen molar-refractivity contribution in [1.29, 1.82) is 0 Å². The Hall–Kier alpha value is -3.14. The van der Waals surface area contributed by atoms with Crippen LogP contribution in [0.1, 0.15) is 31.3 Å². The fourth-order valence-corrected chi connectivity index (χ4v) is 3.10. The average molecular weight is 441 g/mol. The van der Waals surface area contributed by atoms with Crippen LogP contribution in [-0.2, 0) is 11.2 Å². The molecular formula is C23H28N4O5. The second kappa shape index (κ2) is 11.5. The molecule has 0 bridgehead atoms. The molecule has 32 heavy (non-hydrogen) atoms. The van der Waals surface area contributed by atoms with Crippen LogP contribution in [-0.4, -0.2) is 46.0 Å². The number of benzene rings is 2. The highest BCUT2D eigenvalue weighted by Gasteiger charge is 2.21. The van der Waals surface area contributed by atoms with E-state index in [1.54, 1.807) is 12.1 Å². The van der Waals surface area contributed by atoms with Crippen LogP contribution in [0.3, 0.4) is 0 Å². The zero-order chi connectivity index (χ0) is 22.9. The molecule has 0 unspecified atom stereocenters. The van der Waals surface area contributed by atoms with Gasteiger partial charge in [0.05, 0.1) is 23.7 Å². The van der Waals surface area contributed by atoms with Gasteiger partial charge in [0.15, 0.2) is 0 Å². The van der Waals surface area contributed by atoms with E-state index in [-0.39, 0.29) is 18.3 Å². The molecule has 2 atom stereocenters. The van der Waals surface area contributed by atoms with Gasteiger partial charge in [0.1, 0.15) is 0 Å². The van der Waals surface area contributed by atoms with E-state index in [0.717, 1.165) is 5.56 Å². The molecule has 0 aliphatic rings. The minimum absolute atomic E-state index is 0.00485. The molecule has 0 spiro atoms. The van der Waals surface area contributed by atoms with E-state index in [4.69, 9.17) is 9.26 Å². The Morgan fingerprint density at radius 1 is 1.12 bits per heavy atom. The molecule has 9 nitrogen and oxygen atoms in total. The van der Waals surface area contributed by atoms with Crippen molar-refractivity contribution in [3.05, 3.63) is 76.2 Å². The third-order valence-corrected chi connectivity index (χ3v) is 4.72. The first-order valence-electron chi connectivity index (χ1n) is 10.5. The topological polar surface area (TPSA) is 124 Å². The van der Waals surface area contributed by atoms with Crippen LogP contribution in [0, 0.1) is 16.0 Å². The maximum absolute atomic E-state index is 10.9. The molecule has 0 amide bonds. The summed E-state index contributed by atoms with van der Waals surface area (Å²) >= 11 is 0. The lowest BCUT2D eigenvalue weighted by molar-refractivity contribution is -0.384. The Labute approximate surface area is 186 Å². The van der Waals surface area contributed by atoms with Crippen LogP contribution in [0.25, 0.3) is 11.4 Å². The zero-order valence-corrected chi connectivity index (χ0v) is 18.2. The van der Waals surface area contributed by atoms with Crippen LogP contribution in [0.2, 0.25) is 0 Å². The number of nitrogens with one attached hydrogen (secondary N) is 1. The predicted molar refractivity (Wildman–Crippen MR) is 119 cm³/mol. The normalized spacial score (nSPS) is 13.2. The maximum atomic E-state index is 10.9. The molecule has 2 N–H and O–H groups in total. The molecule has 0 fully saturated rings. The lowest BCUT2D eigenvalue weighted by atomic mass is 10.1. The van der Waals surface area contributed by atoms with Gasteiger partial charge in [-0.25, -0.2) is 0 Å². The standard InChI is InChI=1S/C23H28N4O5/c1-16(2)14-31-15-20(28)13-24-21(12-17-6-4-3-5-7-17)23-25-22(26-32-23)18-8-10-19(11-9-18)27(29)30/h3-11,16,20-21,24,28H,12-15H2,1-2H3/t20-,21-/m0/s1. The molecule has 170 valence electrons. The number of aromatic nitrogens is 2. The molecule has 2 aromatic carbocycles. The van der Waals surface area contributed by atoms with Gasteiger partial charge in [-0.1, -0.05) is 49.3 Å². The summed E-state index contributed by atoms with van der Waals surface area (Å²) in [5.74, 6) is 1.12. The molecule has 0 saturated heterocycles. The lowest BCUT2D eigenvalue weighted by Gasteiger charge is -2.18. The summed E-state index contributed by atoms with van der Waals surface area (Å²) in [7, 11) is 0. The number of nitro groups is 1. The van der Waals surface area contributed by atoms with Crippen molar-refractivity contribution >= 4 is 5.69 Å². The van der Waals surface area contributed by atoms with Gasteiger partial charge in [0, 0.05) is 30.8 Å². The van der Waals surface area contributed by atoms with Gasteiger partial charge >= 0.3 is 0 Å². The molecule has 9 heteroatoms. The summed E-state index contributed by atoms with van der Waals surface area (Å²) in [5.41, 5.74) is 1.69. The van der Waals surface area contributed by atoms with Gasteiger partial charge in [-0.05, 0) is 30.0 Å². The maximum Gasteiger partial charge on any atom is 0.269 e. The number of rotatable bonds is 12. The van der Waals surface area contributed by atoms with Crippen LogP contribution in [0.5, 0.6) is 0 Å². The van der Waals surface area contributed by atoms with E-state index in [1.165, 1.54) is 12.1 Å². The van der Waals surface area contributed by atoms with Crippen LogP contribution in [0.4, 0.5) is 5.69 Å². The van der Waals surface area contributed by atoms with Crippen molar-refractivity contribution < 1.29 is 19.3 Å². The fourth-order valence-electron chi connectivity index (χ4n) is 3.10. The SMILES string of the molecule is CC(C)COC[C@@H](O)CN[C@@H](Cc1ccccc1)c1nc(-c2ccc([N+](=O)[O-])cc2)no1. The minimum atomic E-state index is -0.677. The Bertz CT molecular complexity index is 976. The molecule has 0 aliphatic heterocycles. The van der Waals surface area contributed by atoms with E-state index in [1.807, 2.05) is 30.3 Å². The molecule has 0 aliphatic carbocycles. The first-order chi connectivity index (χ1) is 15.4. The Balaban J connectivity index is 1.71. The van der Waals surface area contributed by atoms with Crippen LogP contribution in [0.15, 0.2) is 59.1 Å². The molecule has 3 aromatic rings. The number of aliphatic hydroxyl groups is 1. The van der Waals surface area contributed by atoms with Gasteiger partial charge in [0.25, 0.3) is 5.69 Å². The number of nitro benzene ring substituents is 1. The van der Waals surface area contributed by atoms with Crippen molar-refractivity contribution in [2.75, 3.05) is 19.8 Å². The number of ether oxygens (including phenoxy) is 1. The lowest BCUT2D eigenvalue weighted by Crippen LogP contribution is -2.34. The van der Waals surface area contributed by atoms with Crippen molar-refractivity contribution in [2.45, 2.75) is 32.4 Å². The highest BCUT2D eigenvalue weighted by atomic mass is 16.6. The zero-order valence-electron chi connectivity index (χ0n) is 18.2. The molecule has 0 radical (unpaired) electrons. The molecular weight excluding hydrogens is 412 g/mol. The average Bonchev–Trinajstić information content (AvgIpc) is 3.27. The third-order valence-electron chi connectivity index (χ3n) is 4.72. The summed E-state index contributed by atoms with van der Waals surface area (Å²) in [6, 6.07) is 15.5. The number of aliphatic hydroxyl groups excluding tert-OH is 1. The van der Waals surface area contributed by atoms with E-state index in [2.05, 4.69) is 29.3 Å². The molecule has 1 heterocycles. The quantitative estimate of drug-likeness (QED) is 0.324. The van der Waals surface area contributed by atoms with Crippen molar-refractivity contribution in [3.63, 3.8) is 0 Å². The van der Waals surface area contributed by atoms with Gasteiger partial charge in [-0.2, -0.15) is 4.98 Å². The van der Waals surface area contributed by atoms with E-state index >= 15 is 0 Å². The fraction of sp³-hybridized carbons (Fsp3) is 0.391. The first-order valence-corrected chi connectivity index (χ1v) is 10.5. The van der Waals surface area contributed by atoms with E-state index < -0.39 is 11.0 Å². The second-order valence-electron chi connectivity index (χ2n) is 8.00. The van der Waals surface area contributed by atoms with Gasteiger partial charge < -0.3 is 19.7 Å². The summed E-state index contributed by atoms with van der Waals surface area (Å²) in [5, 5.41) is 28.5. The van der Waals surface area contributed by atoms with Crippen molar-refractivity contribution in [3.8, 4) is 11.4 Å². The largest absolute Gasteiger partial charge is 0.389 e. The number of non-ortho nitro benzene ring substituents is 1. The van der Waals surface area contributed by atoms with Gasteiger partial charge in [0.2, 0.25) is 11.7 Å². The highest BCUT2D eigenvalue weighted by Crippen LogP contribution is 2.23. The Kier molecular flexibility index (Phi) is 8.43. The Morgan fingerprint density at radius 3 is 2.50 bits per heavy atom. The minimum Gasteiger partial charge on any atom is -0.389 e. The van der Waals surface area contributed by atoms with E-state index in [0.29, 0.717) is 42.8 Å². The highest BCUT2D eigenvalue weighted by molar-refractivity contribution is 5.56. The van der Waals surface area contributed by atoms with E-state index in [9.17, 15) is 15.2 Å². The van der Waals surface area contributed by atoms with Gasteiger partial charge in [-0.3, -0.25) is 10.1 Å². The van der Waals surface area contributed by atoms with Crippen LogP contribution < -0.4 is 5.32 Å². The monoisotopic (exact) mass is 440 g/mol. The number of hydrogen-bond acceptors (Lipinski definition) is 8. The third kappa shape index (κ3) is 6.94. The molecule has 0 saturated carbocycles. The first kappa shape index (κ1) is 23.5. The summed E-state index contributed by atoms with van der Waals surface area (Å²) in [4.78, 5) is 14.9. The second-order valence-corrected chi connectivity index (χ2v) is 8.00. The summed E-state index contributed by atoms with van der Waals surface area (Å²) < 4.78 is 11.0. The number of hydrogen-bond donors (Lipinski definition) is 2. The number of nitrogens with zero attached hydrogens (tertiary/aromatic N) is 3. The van der Waals surface area contributed by atoms with Crippen molar-refractivity contribution in [2.24, 2.45) is 5.92 Å². The summed E-state index contributed by atoms with van der Waals surface area (Å²) in [6.07, 6.45) is -0.0911. The predicted octanol–water partition coefficient (Wildman–Crippen LogP) is 3.55. The van der Waals surface area contributed by atoms with Crippen molar-refractivity contribution in [1.82, 2.24) is 15.5 Å².